The van der Waals surface area contributed by atoms with Crippen molar-refractivity contribution in [2.24, 2.45) is 0 Å². The molecule has 0 aliphatic heterocycles. The predicted molar refractivity (Wildman–Crippen MR) is 133 cm³/mol. The van der Waals surface area contributed by atoms with E-state index >= 15 is 0 Å². The highest BCUT2D eigenvalue weighted by Gasteiger charge is 2.10. The maximum Gasteiger partial charge on any atom is 0.127 e. The second-order valence-electron chi connectivity index (χ2n) is 6.45. The van der Waals surface area contributed by atoms with Crippen molar-refractivity contribution < 1.29 is 4.74 Å². The van der Waals surface area contributed by atoms with Crippen LogP contribution in [0, 0.1) is 0 Å². The Kier molecular flexibility index (Phi) is 8.42. The minimum absolute atomic E-state index is 0. The number of para-hydroxylation sites is 1. The van der Waals surface area contributed by atoms with Gasteiger partial charge in [0, 0.05) is 29.2 Å². The van der Waals surface area contributed by atoms with E-state index in [-0.39, 0.29) is 24.8 Å². The summed E-state index contributed by atoms with van der Waals surface area (Å²) in [4.78, 5) is 0. The molecule has 0 bridgehead atoms. The molecule has 0 spiro atoms. The maximum atomic E-state index is 6.15. The lowest BCUT2D eigenvalue weighted by molar-refractivity contribution is 0.483. The van der Waals surface area contributed by atoms with E-state index in [1.165, 1.54) is 5.56 Å². The molecular formula is C23H23Cl2N3OS. The van der Waals surface area contributed by atoms with Gasteiger partial charge in [-0.2, -0.15) is 11.3 Å². The molecule has 0 aliphatic rings. The van der Waals surface area contributed by atoms with Gasteiger partial charge in [-0.25, -0.2) is 0 Å². The van der Waals surface area contributed by atoms with Gasteiger partial charge in [0.05, 0.1) is 0 Å². The standard InChI is InChI=1S/C23H21N3OS.2ClH/c24-17-6-11-23(25)21(12-17)22-15-28-14-16(22)13-26-18-7-9-20(10-8-18)27-19-4-2-1-3-5-19;;/h1-12,14-15,26H,13,24-25H2;2*1H. The predicted octanol–water partition coefficient (Wildman–Crippen LogP) is 6.83. The van der Waals surface area contributed by atoms with E-state index in [0.717, 1.165) is 34.0 Å². The molecule has 4 rings (SSSR count). The first-order valence-electron chi connectivity index (χ1n) is 8.96. The van der Waals surface area contributed by atoms with Crippen molar-refractivity contribution in [2.45, 2.75) is 6.54 Å². The van der Waals surface area contributed by atoms with Crippen LogP contribution >= 0.6 is 36.2 Å². The fourth-order valence-electron chi connectivity index (χ4n) is 2.97. The van der Waals surface area contributed by atoms with Gasteiger partial charge in [-0.3, -0.25) is 0 Å². The van der Waals surface area contributed by atoms with E-state index in [1.54, 1.807) is 11.3 Å². The topological polar surface area (TPSA) is 73.3 Å². The second kappa shape index (κ2) is 10.8. The highest BCUT2D eigenvalue weighted by atomic mass is 35.5. The van der Waals surface area contributed by atoms with E-state index in [1.807, 2.05) is 72.8 Å². The molecule has 0 unspecified atom stereocenters. The number of hydrogen-bond acceptors (Lipinski definition) is 5. The summed E-state index contributed by atoms with van der Waals surface area (Å²) in [5.74, 6) is 1.63. The molecule has 0 atom stereocenters. The number of anilines is 3. The Morgan fingerprint density at radius 2 is 1.47 bits per heavy atom. The van der Waals surface area contributed by atoms with E-state index in [0.29, 0.717) is 12.2 Å². The summed E-state index contributed by atoms with van der Waals surface area (Å²) in [6.07, 6.45) is 0. The Balaban J connectivity index is 0.00000160. The molecule has 0 fully saturated rings. The zero-order valence-corrected chi connectivity index (χ0v) is 18.5. The lowest BCUT2D eigenvalue weighted by Crippen LogP contribution is -2.00. The van der Waals surface area contributed by atoms with Crippen LogP contribution in [0.25, 0.3) is 11.1 Å². The van der Waals surface area contributed by atoms with Crippen molar-refractivity contribution in [1.82, 2.24) is 0 Å². The summed E-state index contributed by atoms with van der Waals surface area (Å²) >= 11 is 1.66. The molecule has 156 valence electrons. The van der Waals surface area contributed by atoms with E-state index in [9.17, 15) is 0 Å². The van der Waals surface area contributed by atoms with Crippen LogP contribution in [0.5, 0.6) is 11.5 Å². The fourth-order valence-corrected chi connectivity index (χ4v) is 3.82. The van der Waals surface area contributed by atoms with Crippen LogP contribution in [0.4, 0.5) is 17.1 Å². The highest BCUT2D eigenvalue weighted by Crippen LogP contribution is 2.33. The number of thiophene rings is 1. The molecule has 3 aromatic carbocycles. The largest absolute Gasteiger partial charge is 0.457 e. The zero-order valence-electron chi connectivity index (χ0n) is 16.1. The third-order valence-corrected chi connectivity index (χ3v) is 5.22. The van der Waals surface area contributed by atoms with Crippen molar-refractivity contribution >= 4 is 53.2 Å². The van der Waals surface area contributed by atoms with Crippen LogP contribution in [0.2, 0.25) is 0 Å². The first-order valence-corrected chi connectivity index (χ1v) is 9.90. The van der Waals surface area contributed by atoms with Crippen LogP contribution in [0.3, 0.4) is 0 Å². The van der Waals surface area contributed by atoms with Gasteiger partial charge >= 0.3 is 0 Å². The number of hydrogen-bond donors (Lipinski definition) is 3. The quantitative estimate of drug-likeness (QED) is 0.276. The van der Waals surface area contributed by atoms with Crippen LogP contribution < -0.4 is 21.5 Å². The molecule has 0 radical (unpaired) electrons. The molecular weight excluding hydrogens is 437 g/mol. The third kappa shape index (κ3) is 5.60. The van der Waals surface area contributed by atoms with Crippen LogP contribution in [0.1, 0.15) is 5.56 Å². The summed E-state index contributed by atoms with van der Waals surface area (Å²) < 4.78 is 5.83. The fraction of sp³-hybridized carbons (Fsp3) is 0.0435. The molecule has 30 heavy (non-hydrogen) atoms. The lowest BCUT2D eigenvalue weighted by Gasteiger charge is -2.11. The summed E-state index contributed by atoms with van der Waals surface area (Å²) in [6.45, 7) is 0.700. The average Bonchev–Trinajstić information content (AvgIpc) is 3.18. The zero-order chi connectivity index (χ0) is 19.3. The van der Waals surface area contributed by atoms with E-state index in [2.05, 4.69) is 16.1 Å². The number of nitrogen functional groups attached to an aromatic ring is 2. The molecule has 0 saturated heterocycles. The monoisotopic (exact) mass is 459 g/mol. The van der Waals surface area contributed by atoms with Gasteiger partial charge in [-0.15, -0.1) is 24.8 Å². The Labute approximate surface area is 192 Å². The number of nitrogens with two attached hydrogens (primary N) is 2. The third-order valence-electron chi connectivity index (χ3n) is 4.43. The molecule has 5 N–H and O–H groups in total. The van der Waals surface area contributed by atoms with Gasteiger partial charge in [0.15, 0.2) is 0 Å². The number of benzene rings is 3. The number of nitrogens with one attached hydrogen (secondary N) is 1. The Hall–Kier alpha value is -2.86. The summed E-state index contributed by atoms with van der Waals surface area (Å²) in [5, 5.41) is 7.71. The van der Waals surface area contributed by atoms with E-state index in [4.69, 9.17) is 16.2 Å². The smallest absolute Gasteiger partial charge is 0.127 e. The Morgan fingerprint density at radius 1 is 0.767 bits per heavy atom. The minimum Gasteiger partial charge on any atom is -0.457 e. The number of ether oxygens (including phenoxy) is 1. The van der Waals surface area contributed by atoms with Crippen LogP contribution in [-0.4, -0.2) is 0 Å². The molecule has 0 aliphatic carbocycles. The average molecular weight is 460 g/mol. The van der Waals surface area contributed by atoms with Gasteiger partial charge < -0.3 is 21.5 Å². The highest BCUT2D eigenvalue weighted by molar-refractivity contribution is 7.08. The molecule has 4 aromatic rings. The van der Waals surface area contributed by atoms with Gasteiger partial charge in [0.25, 0.3) is 0 Å². The molecule has 1 aromatic heterocycles. The van der Waals surface area contributed by atoms with Gasteiger partial charge in [0.1, 0.15) is 11.5 Å². The maximum absolute atomic E-state index is 6.15. The van der Waals surface area contributed by atoms with Gasteiger partial charge in [0.2, 0.25) is 0 Å². The van der Waals surface area contributed by atoms with Crippen molar-refractivity contribution in [3.8, 4) is 22.6 Å². The van der Waals surface area contributed by atoms with Crippen molar-refractivity contribution in [3.05, 3.63) is 89.1 Å². The molecule has 7 heteroatoms. The minimum atomic E-state index is 0. The summed E-state index contributed by atoms with van der Waals surface area (Å²) in [6, 6.07) is 23.3. The van der Waals surface area contributed by atoms with Gasteiger partial charge in [-0.05, 0) is 76.5 Å². The number of halogens is 2. The van der Waals surface area contributed by atoms with E-state index < -0.39 is 0 Å². The van der Waals surface area contributed by atoms with Crippen LogP contribution in [-0.2, 0) is 6.54 Å². The Bertz CT molecular complexity index is 1070. The first-order chi connectivity index (χ1) is 13.7. The Morgan fingerprint density at radius 3 is 2.20 bits per heavy atom. The normalized spacial score (nSPS) is 9.87. The summed E-state index contributed by atoms with van der Waals surface area (Å²) in [5.41, 5.74) is 17.8. The second-order valence-corrected chi connectivity index (χ2v) is 7.19. The van der Waals surface area contributed by atoms with Crippen molar-refractivity contribution in [3.63, 3.8) is 0 Å². The van der Waals surface area contributed by atoms with Crippen molar-refractivity contribution in [1.29, 1.82) is 0 Å². The lowest BCUT2D eigenvalue weighted by atomic mass is 10.0. The molecule has 1 heterocycles. The molecule has 0 amide bonds. The van der Waals surface area contributed by atoms with Gasteiger partial charge in [-0.1, -0.05) is 18.2 Å². The molecule has 4 nitrogen and oxygen atoms in total. The number of rotatable bonds is 6. The molecule has 0 saturated carbocycles. The first kappa shape index (κ1) is 23.4. The SMILES string of the molecule is Cl.Cl.Nc1ccc(N)c(-c2cscc2CNc2ccc(Oc3ccccc3)cc2)c1. The van der Waals surface area contributed by atoms with Crippen molar-refractivity contribution in [2.75, 3.05) is 16.8 Å². The van der Waals surface area contributed by atoms with Crippen LogP contribution in [0.15, 0.2) is 83.6 Å². The summed E-state index contributed by atoms with van der Waals surface area (Å²) in [7, 11) is 0.